The molecule has 0 saturated heterocycles. The summed E-state index contributed by atoms with van der Waals surface area (Å²) in [6.07, 6.45) is 2.08. The number of benzene rings is 2. The minimum absolute atomic E-state index is 0.780. The lowest BCUT2D eigenvalue weighted by Gasteiger charge is -2.08. The van der Waals surface area contributed by atoms with Crippen molar-refractivity contribution >= 4 is 32.8 Å². The molecular formula is C17H15N3S. The molecule has 0 radical (unpaired) electrons. The zero-order valence-electron chi connectivity index (χ0n) is 11.7. The Kier molecular flexibility index (Phi) is 2.89. The summed E-state index contributed by atoms with van der Waals surface area (Å²) in [4.78, 5) is 5.63. The summed E-state index contributed by atoms with van der Waals surface area (Å²) in [6, 6.07) is 14.9. The van der Waals surface area contributed by atoms with Gasteiger partial charge in [0.05, 0.1) is 17.9 Å². The van der Waals surface area contributed by atoms with Gasteiger partial charge in [0, 0.05) is 17.3 Å². The predicted octanol–water partition coefficient (Wildman–Crippen LogP) is 4.47. The minimum Gasteiger partial charge on any atom is -0.379 e. The maximum absolute atomic E-state index is 4.58. The molecule has 0 bridgehead atoms. The summed E-state index contributed by atoms with van der Waals surface area (Å²) in [6.45, 7) is 2.85. The second-order valence-electron chi connectivity index (χ2n) is 5.11. The van der Waals surface area contributed by atoms with Crippen LogP contribution in [-0.2, 0) is 6.54 Å². The third-order valence-electron chi connectivity index (χ3n) is 3.77. The first-order valence-corrected chi connectivity index (χ1v) is 7.83. The predicted molar refractivity (Wildman–Crippen MR) is 89.1 cm³/mol. The van der Waals surface area contributed by atoms with Crippen molar-refractivity contribution in [3.8, 4) is 0 Å². The number of hydrogen-bond donors (Lipinski definition) is 1. The van der Waals surface area contributed by atoms with E-state index < -0.39 is 0 Å². The molecule has 0 amide bonds. The van der Waals surface area contributed by atoms with Gasteiger partial charge in [0.1, 0.15) is 0 Å². The molecule has 0 unspecified atom stereocenters. The summed E-state index contributed by atoms with van der Waals surface area (Å²) >= 11 is 1.67. The molecule has 0 aliphatic rings. The van der Waals surface area contributed by atoms with Crippen molar-refractivity contribution in [2.45, 2.75) is 13.5 Å². The Morgan fingerprint density at radius 2 is 2.00 bits per heavy atom. The van der Waals surface area contributed by atoms with Gasteiger partial charge in [-0.3, -0.25) is 4.40 Å². The van der Waals surface area contributed by atoms with E-state index in [1.807, 2.05) is 0 Å². The van der Waals surface area contributed by atoms with Crippen molar-refractivity contribution in [1.29, 1.82) is 0 Å². The number of thiazole rings is 1. The summed E-state index contributed by atoms with van der Waals surface area (Å²) in [7, 11) is 0. The number of fused-ring (bicyclic) bond motifs is 2. The number of nitrogens with one attached hydrogen (secondary N) is 1. The van der Waals surface area contributed by atoms with Gasteiger partial charge in [0.2, 0.25) is 0 Å². The molecule has 0 aliphatic heterocycles. The van der Waals surface area contributed by atoms with Crippen LogP contribution in [0.3, 0.4) is 0 Å². The Morgan fingerprint density at radius 1 is 1.14 bits per heavy atom. The molecule has 2 aromatic heterocycles. The van der Waals surface area contributed by atoms with E-state index in [2.05, 4.69) is 75.7 Å². The van der Waals surface area contributed by atoms with Crippen LogP contribution in [0.2, 0.25) is 0 Å². The molecule has 0 saturated carbocycles. The highest BCUT2D eigenvalue weighted by Gasteiger charge is 2.09. The van der Waals surface area contributed by atoms with Crippen molar-refractivity contribution in [3.63, 3.8) is 0 Å². The number of rotatable bonds is 3. The molecule has 21 heavy (non-hydrogen) atoms. The second-order valence-corrected chi connectivity index (χ2v) is 5.99. The van der Waals surface area contributed by atoms with E-state index in [-0.39, 0.29) is 0 Å². The largest absolute Gasteiger partial charge is 0.379 e. The fourth-order valence-electron chi connectivity index (χ4n) is 2.64. The average Bonchev–Trinajstić information content (AvgIpc) is 3.06. The average molecular weight is 293 g/mol. The molecule has 0 aliphatic carbocycles. The highest BCUT2D eigenvalue weighted by molar-refractivity contribution is 7.15. The molecule has 3 nitrogen and oxygen atoms in total. The van der Waals surface area contributed by atoms with Gasteiger partial charge in [-0.2, -0.15) is 0 Å². The lowest BCUT2D eigenvalue weighted by molar-refractivity contribution is 0.995. The quantitative estimate of drug-likeness (QED) is 0.604. The molecule has 0 spiro atoms. The molecule has 2 aromatic carbocycles. The van der Waals surface area contributed by atoms with Crippen molar-refractivity contribution in [2.24, 2.45) is 0 Å². The maximum atomic E-state index is 4.58. The summed E-state index contributed by atoms with van der Waals surface area (Å²) < 4.78 is 2.16. The van der Waals surface area contributed by atoms with E-state index in [0.717, 1.165) is 22.9 Å². The van der Waals surface area contributed by atoms with Crippen LogP contribution in [0.4, 0.5) is 5.69 Å². The number of anilines is 1. The zero-order chi connectivity index (χ0) is 14.2. The van der Waals surface area contributed by atoms with Crippen LogP contribution in [-0.4, -0.2) is 9.38 Å². The summed E-state index contributed by atoms with van der Waals surface area (Å²) in [5.74, 6) is 0. The molecule has 0 atom stereocenters. The topological polar surface area (TPSA) is 29.3 Å². The second kappa shape index (κ2) is 4.90. The number of hydrogen-bond acceptors (Lipinski definition) is 3. The molecular weight excluding hydrogens is 278 g/mol. The van der Waals surface area contributed by atoms with Crippen LogP contribution in [0.1, 0.15) is 11.4 Å². The normalized spacial score (nSPS) is 11.3. The molecule has 0 fully saturated rings. The van der Waals surface area contributed by atoms with E-state index in [1.54, 1.807) is 11.3 Å². The molecule has 4 rings (SSSR count). The highest BCUT2D eigenvalue weighted by atomic mass is 32.1. The van der Waals surface area contributed by atoms with Gasteiger partial charge >= 0.3 is 0 Å². The van der Waals surface area contributed by atoms with Crippen LogP contribution in [0.15, 0.2) is 54.0 Å². The van der Waals surface area contributed by atoms with E-state index in [4.69, 9.17) is 0 Å². The highest BCUT2D eigenvalue weighted by Crippen LogP contribution is 2.21. The molecule has 2 heterocycles. The Hall–Kier alpha value is -2.33. The molecule has 104 valence electrons. The van der Waals surface area contributed by atoms with E-state index in [1.165, 1.54) is 16.5 Å². The van der Waals surface area contributed by atoms with Crippen LogP contribution < -0.4 is 5.32 Å². The summed E-state index contributed by atoms with van der Waals surface area (Å²) in [5, 5.41) is 8.10. The van der Waals surface area contributed by atoms with Gasteiger partial charge < -0.3 is 5.32 Å². The lowest BCUT2D eigenvalue weighted by Crippen LogP contribution is -2.03. The van der Waals surface area contributed by atoms with Gasteiger partial charge in [-0.1, -0.05) is 30.3 Å². The van der Waals surface area contributed by atoms with Crippen LogP contribution in [0.5, 0.6) is 0 Å². The van der Waals surface area contributed by atoms with Gasteiger partial charge in [0.25, 0.3) is 0 Å². The fraction of sp³-hybridized carbons (Fsp3) is 0.118. The first-order valence-electron chi connectivity index (χ1n) is 6.95. The zero-order valence-corrected chi connectivity index (χ0v) is 12.5. The Balaban J connectivity index is 1.63. The lowest BCUT2D eigenvalue weighted by atomic mass is 10.1. The van der Waals surface area contributed by atoms with Gasteiger partial charge in [-0.05, 0) is 29.8 Å². The number of imidazole rings is 1. The van der Waals surface area contributed by atoms with Gasteiger partial charge in [-0.15, -0.1) is 11.3 Å². The smallest absolute Gasteiger partial charge is 0.194 e. The SMILES string of the molecule is Cc1nc2sccn2c1CNc1ccc2ccccc2c1. The molecule has 1 N–H and O–H groups in total. The van der Waals surface area contributed by atoms with Crippen molar-refractivity contribution in [1.82, 2.24) is 9.38 Å². The Bertz CT molecular complexity index is 920. The van der Waals surface area contributed by atoms with E-state index >= 15 is 0 Å². The number of aromatic nitrogens is 2. The first-order chi connectivity index (χ1) is 10.3. The van der Waals surface area contributed by atoms with Crippen molar-refractivity contribution in [2.75, 3.05) is 5.32 Å². The molecule has 4 heteroatoms. The maximum Gasteiger partial charge on any atom is 0.194 e. The Morgan fingerprint density at radius 3 is 2.90 bits per heavy atom. The first kappa shape index (κ1) is 12.4. The standard InChI is InChI=1S/C17H15N3S/c1-12-16(20-8-9-21-17(20)19-12)11-18-15-7-6-13-4-2-3-5-14(13)10-15/h2-10,18H,11H2,1H3. The van der Waals surface area contributed by atoms with Crippen molar-refractivity contribution < 1.29 is 0 Å². The van der Waals surface area contributed by atoms with Crippen LogP contribution in [0.25, 0.3) is 15.7 Å². The van der Waals surface area contributed by atoms with Crippen molar-refractivity contribution in [3.05, 3.63) is 65.4 Å². The monoisotopic (exact) mass is 293 g/mol. The fourth-order valence-corrected chi connectivity index (χ4v) is 3.42. The van der Waals surface area contributed by atoms with Crippen LogP contribution in [0, 0.1) is 6.92 Å². The van der Waals surface area contributed by atoms with E-state index in [0.29, 0.717) is 0 Å². The number of aryl methyl sites for hydroxylation is 1. The minimum atomic E-state index is 0.780. The van der Waals surface area contributed by atoms with Crippen LogP contribution >= 0.6 is 11.3 Å². The van der Waals surface area contributed by atoms with E-state index in [9.17, 15) is 0 Å². The number of nitrogens with zero attached hydrogens (tertiary/aromatic N) is 2. The van der Waals surface area contributed by atoms with Gasteiger partial charge in [0.15, 0.2) is 4.96 Å². The summed E-state index contributed by atoms with van der Waals surface area (Å²) in [5.41, 5.74) is 3.45. The Labute approximate surface area is 126 Å². The molecule has 4 aromatic rings. The third-order valence-corrected chi connectivity index (χ3v) is 4.53. The third kappa shape index (κ3) is 2.17. The van der Waals surface area contributed by atoms with Gasteiger partial charge in [-0.25, -0.2) is 4.98 Å².